The van der Waals surface area contributed by atoms with E-state index in [1.807, 2.05) is 0 Å². The number of ketones is 1. The molecule has 1 aromatic heterocycles. The summed E-state index contributed by atoms with van der Waals surface area (Å²) in [5.74, 6) is 0.109. The van der Waals surface area contributed by atoms with Gasteiger partial charge >= 0.3 is 6.18 Å². The van der Waals surface area contributed by atoms with Gasteiger partial charge in [0, 0.05) is 23.7 Å². The maximum absolute atomic E-state index is 12.8. The van der Waals surface area contributed by atoms with Crippen molar-refractivity contribution in [3.8, 4) is 11.3 Å². The van der Waals surface area contributed by atoms with Crippen molar-refractivity contribution in [3.05, 3.63) is 83.6 Å². The molecule has 148 valence electrons. The molecule has 7 heteroatoms. The number of carbonyl (C=O) groups is 2. The quantitative estimate of drug-likeness (QED) is 0.434. The van der Waals surface area contributed by atoms with Crippen molar-refractivity contribution in [1.29, 1.82) is 0 Å². The Kier molecular flexibility index (Phi) is 5.68. The lowest BCUT2D eigenvalue weighted by Gasteiger charge is -2.07. The Labute approximate surface area is 164 Å². The lowest BCUT2D eigenvalue weighted by molar-refractivity contribution is -0.137. The lowest BCUT2D eigenvalue weighted by atomic mass is 10.1. The van der Waals surface area contributed by atoms with Crippen LogP contribution in [0.4, 0.5) is 18.9 Å². The van der Waals surface area contributed by atoms with E-state index in [1.54, 1.807) is 36.4 Å². The molecule has 0 bridgehead atoms. The topological polar surface area (TPSA) is 59.3 Å². The average molecular weight is 399 g/mol. The molecular formula is C22H16F3NO3. The molecule has 1 heterocycles. The van der Waals surface area contributed by atoms with Gasteiger partial charge in [0.25, 0.3) is 0 Å². The molecular weight excluding hydrogens is 383 g/mol. The number of carbonyl (C=O) groups excluding carboxylic acids is 2. The van der Waals surface area contributed by atoms with E-state index in [1.165, 1.54) is 31.2 Å². The highest BCUT2D eigenvalue weighted by molar-refractivity contribution is 6.07. The number of hydrogen-bond donors (Lipinski definition) is 1. The molecule has 3 rings (SSSR count). The fourth-order valence-corrected chi connectivity index (χ4v) is 2.62. The third-order valence-electron chi connectivity index (χ3n) is 3.99. The largest absolute Gasteiger partial charge is 0.457 e. The minimum atomic E-state index is -4.44. The molecule has 29 heavy (non-hydrogen) atoms. The number of halogens is 3. The molecule has 0 saturated carbocycles. The Morgan fingerprint density at radius 1 is 1.00 bits per heavy atom. The van der Waals surface area contributed by atoms with Gasteiger partial charge in [0.2, 0.25) is 5.91 Å². The average Bonchev–Trinajstić information content (AvgIpc) is 3.15. The number of nitrogens with one attached hydrogen (secondary N) is 1. The Balaban J connectivity index is 1.72. The zero-order valence-corrected chi connectivity index (χ0v) is 15.3. The summed E-state index contributed by atoms with van der Waals surface area (Å²) < 4.78 is 44.1. The number of alkyl halides is 3. The summed E-state index contributed by atoms with van der Waals surface area (Å²) >= 11 is 0. The molecule has 0 aliphatic heterocycles. The van der Waals surface area contributed by atoms with Gasteiger partial charge in [-0.05, 0) is 60.7 Å². The molecule has 1 amide bonds. The van der Waals surface area contributed by atoms with Gasteiger partial charge in [0.15, 0.2) is 5.78 Å². The zero-order valence-electron chi connectivity index (χ0n) is 15.3. The van der Waals surface area contributed by atoms with Crippen LogP contribution in [-0.2, 0) is 11.0 Å². The molecule has 0 radical (unpaired) electrons. The molecule has 4 nitrogen and oxygen atoms in total. The summed E-state index contributed by atoms with van der Waals surface area (Å²) in [6.07, 6.45) is -1.68. The number of anilines is 1. The minimum Gasteiger partial charge on any atom is -0.457 e. The Morgan fingerprint density at radius 3 is 2.38 bits per heavy atom. The maximum Gasteiger partial charge on any atom is 0.416 e. The second-order valence-electron chi connectivity index (χ2n) is 6.24. The monoisotopic (exact) mass is 399 g/mol. The summed E-state index contributed by atoms with van der Waals surface area (Å²) in [6.45, 7) is 1.39. The first kappa shape index (κ1) is 20.1. The molecule has 3 aromatic rings. The van der Waals surface area contributed by atoms with Crippen LogP contribution < -0.4 is 5.32 Å². The summed E-state index contributed by atoms with van der Waals surface area (Å²) in [6, 6.07) is 14.3. The maximum atomic E-state index is 12.8. The van der Waals surface area contributed by atoms with Gasteiger partial charge in [-0.15, -0.1) is 0 Å². The fraction of sp³-hybridized carbons (Fsp3) is 0.0909. The number of hydrogen-bond acceptors (Lipinski definition) is 3. The molecule has 2 aromatic carbocycles. The van der Waals surface area contributed by atoms with Crippen LogP contribution in [0.25, 0.3) is 17.4 Å². The number of allylic oxidation sites excluding steroid dienone is 1. The van der Waals surface area contributed by atoms with E-state index in [9.17, 15) is 22.8 Å². The zero-order chi connectivity index (χ0) is 21.0. The normalized spacial score (nSPS) is 11.6. The Hall–Kier alpha value is -3.61. The van der Waals surface area contributed by atoms with Crippen LogP contribution in [0.2, 0.25) is 0 Å². The molecule has 0 spiro atoms. The molecule has 1 N–H and O–H groups in total. The van der Waals surface area contributed by atoms with E-state index in [0.717, 1.165) is 12.1 Å². The lowest BCUT2D eigenvalue weighted by Crippen LogP contribution is -2.05. The van der Waals surface area contributed by atoms with Crippen molar-refractivity contribution in [2.24, 2.45) is 0 Å². The van der Waals surface area contributed by atoms with Gasteiger partial charge in [0.05, 0.1) is 5.56 Å². The van der Waals surface area contributed by atoms with Crippen LogP contribution in [-0.4, -0.2) is 11.7 Å². The number of amides is 1. The van der Waals surface area contributed by atoms with E-state index in [-0.39, 0.29) is 17.5 Å². The predicted molar refractivity (Wildman–Crippen MR) is 103 cm³/mol. The molecule has 0 aliphatic carbocycles. The van der Waals surface area contributed by atoms with E-state index in [0.29, 0.717) is 22.6 Å². The summed E-state index contributed by atoms with van der Waals surface area (Å²) in [5, 5.41) is 2.61. The smallest absolute Gasteiger partial charge is 0.416 e. The van der Waals surface area contributed by atoms with Gasteiger partial charge in [0.1, 0.15) is 11.5 Å². The highest BCUT2D eigenvalue weighted by Gasteiger charge is 2.30. The summed E-state index contributed by atoms with van der Waals surface area (Å²) in [5.41, 5.74) is 0.524. The van der Waals surface area contributed by atoms with Crippen molar-refractivity contribution >= 4 is 23.5 Å². The van der Waals surface area contributed by atoms with Crippen molar-refractivity contribution in [1.82, 2.24) is 0 Å². The van der Waals surface area contributed by atoms with Crippen molar-refractivity contribution in [2.75, 3.05) is 5.32 Å². The van der Waals surface area contributed by atoms with E-state index in [4.69, 9.17) is 4.42 Å². The summed E-state index contributed by atoms with van der Waals surface area (Å²) in [4.78, 5) is 23.3. The first-order chi connectivity index (χ1) is 13.7. The molecule has 0 aliphatic rings. The van der Waals surface area contributed by atoms with Gasteiger partial charge in [-0.3, -0.25) is 9.59 Å². The SMILES string of the molecule is CC(=O)Nc1ccc(C(=O)/C=C/c2ccc(-c3cccc(C(F)(F)F)c3)o2)cc1. The van der Waals surface area contributed by atoms with Crippen LogP contribution >= 0.6 is 0 Å². The Bertz CT molecular complexity index is 1060. The molecule has 0 unspecified atom stereocenters. The highest BCUT2D eigenvalue weighted by atomic mass is 19.4. The van der Waals surface area contributed by atoms with Gasteiger partial charge in [-0.2, -0.15) is 13.2 Å². The number of furan rings is 1. The van der Waals surface area contributed by atoms with E-state index < -0.39 is 11.7 Å². The Morgan fingerprint density at radius 2 is 1.72 bits per heavy atom. The number of benzene rings is 2. The first-order valence-electron chi connectivity index (χ1n) is 8.60. The third-order valence-corrected chi connectivity index (χ3v) is 3.99. The van der Waals surface area contributed by atoms with Gasteiger partial charge in [-0.25, -0.2) is 0 Å². The van der Waals surface area contributed by atoms with Crippen LogP contribution in [0.5, 0.6) is 0 Å². The van der Waals surface area contributed by atoms with Crippen molar-refractivity contribution < 1.29 is 27.2 Å². The minimum absolute atomic E-state index is 0.210. The standard InChI is InChI=1S/C22H16F3NO3/c1-14(27)26-18-7-5-15(6-8-18)20(28)11-9-19-10-12-21(29-19)16-3-2-4-17(13-16)22(23,24)25/h2-13H,1H3,(H,26,27)/b11-9+. The van der Waals surface area contributed by atoms with Crippen LogP contribution in [0, 0.1) is 0 Å². The van der Waals surface area contributed by atoms with E-state index >= 15 is 0 Å². The van der Waals surface area contributed by atoms with E-state index in [2.05, 4.69) is 5.32 Å². The molecule has 0 fully saturated rings. The van der Waals surface area contributed by atoms with Crippen LogP contribution in [0.1, 0.15) is 28.6 Å². The number of rotatable bonds is 5. The van der Waals surface area contributed by atoms with Gasteiger partial charge < -0.3 is 9.73 Å². The third kappa shape index (κ3) is 5.22. The van der Waals surface area contributed by atoms with Crippen LogP contribution in [0.3, 0.4) is 0 Å². The second kappa shape index (κ2) is 8.18. The van der Waals surface area contributed by atoms with Crippen LogP contribution in [0.15, 0.2) is 71.2 Å². The highest BCUT2D eigenvalue weighted by Crippen LogP contribution is 2.32. The fourth-order valence-electron chi connectivity index (χ4n) is 2.62. The first-order valence-corrected chi connectivity index (χ1v) is 8.60. The molecule has 0 saturated heterocycles. The van der Waals surface area contributed by atoms with Gasteiger partial charge in [-0.1, -0.05) is 12.1 Å². The second-order valence-corrected chi connectivity index (χ2v) is 6.24. The predicted octanol–water partition coefficient (Wildman–Crippen LogP) is 5.82. The van der Waals surface area contributed by atoms with Crippen molar-refractivity contribution in [2.45, 2.75) is 13.1 Å². The van der Waals surface area contributed by atoms with Crippen molar-refractivity contribution in [3.63, 3.8) is 0 Å². The molecule has 0 atom stereocenters. The summed E-state index contributed by atoms with van der Waals surface area (Å²) in [7, 11) is 0.